The zero-order chi connectivity index (χ0) is 16.2. The molecule has 1 N–H and O–H groups in total. The van der Waals surface area contributed by atoms with E-state index in [0.29, 0.717) is 6.54 Å². The van der Waals surface area contributed by atoms with Crippen LogP contribution in [0.1, 0.15) is 24.1 Å². The number of methoxy groups -OCH3 is 2. The van der Waals surface area contributed by atoms with E-state index in [2.05, 4.69) is 12.2 Å². The van der Waals surface area contributed by atoms with Gasteiger partial charge in [0.25, 0.3) is 0 Å². The van der Waals surface area contributed by atoms with Gasteiger partial charge in [0.15, 0.2) is 11.5 Å². The normalized spacial score (nSPS) is 13.7. The first-order valence-corrected chi connectivity index (χ1v) is 7.55. The number of benzene rings is 2. The molecule has 0 spiro atoms. The summed E-state index contributed by atoms with van der Waals surface area (Å²) >= 11 is 0. The number of hydrogen-bond acceptors (Lipinski definition) is 5. The summed E-state index contributed by atoms with van der Waals surface area (Å²) in [6.45, 7) is 3.07. The summed E-state index contributed by atoms with van der Waals surface area (Å²) in [5.74, 6) is 3.22. The number of nitrogens with one attached hydrogen (secondary N) is 1. The molecule has 2 aromatic rings. The van der Waals surface area contributed by atoms with Crippen LogP contribution in [0, 0.1) is 0 Å². The predicted molar refractivity (Wildman–Crippen MR) is 87.4 cm³/mol. The molecule has 0 amide bonds. The Hall–Kier alpha value is -2.40. The van der Waals surface area contributed by atoms with Gasteiger partial charge in [-0.1, -0.05) is 18.2 Å². The molecule has 0 saturated heterocycles. The molecule has 0 unspecified atom stereocenters. The molecule has 0 aliphatic carbocycles. The predicted octanol–water partition coefficient (Wildman–Crippen LogP) is 3.28. The molecule has 122 valence electrons. The first-order chi connectivity index (χ1) is 11.2. The Labute approximate surface area is 136 Å². The quantitative estimate of drug-likeness (QED) is 0.886. The summed E-state index contributed by atoms with van der Waals surface area (Å²) in [5, 5.41) is 3.50. The summed E-state index contributed by atoms with van der Waals surface area (Å²) in [7, 11) is 3.31. The topological polar surface area (TPSA) is 49.0 Å². The van der Waals surface area contributed by atoms with Gasteiger partial charge in [0, 0.05) is 29.8 Å². The SMILES string of the molecule is COc1ccc([C@@H](C)NCc2cccc3c2OCO3)c(OC)c1. The van der Waals surface area contributed by atoms with Crippen molar-refractivity contribution in [1.82, 2.24) is 5.32 Å². The molecule has 0 aromatic heterocycles. The number of fused-ring (bicyclic) bond motifs is 1. The van der Waals surface area contributed by atoms with E-state index in [1.807, 2.05) is 36.4 Å². The zero-order valence-corrected chi connectivity index (χ0v) is 13.6. The van der Waals surface area contributed by atoms with Gasteiger partial charge in [-0.15, -0.1) is 0 Å². The molecule has 0 radical (unpaired) electrons. The average molecular weight is 315 g/mol. The van der Waals surface area contributed by atoms with E-state index >= 15 is 0 Å². The van der Waals surface area contributed by atoms with Crippen molar-refractivity contribution in [2.45, 2.75) is 19.5 Å². The molecular formula is C18H21NO4. The lowest BCUT2D eigenvalue weighted by Gasteiger charge is -2.18. The maximum atomic E-state index is 5.54. The molecule has 1 aliphatic rings. The van der Waals surface area contributed by atoms with Gasteiger partial charge in [-0.25, -0.2) is 0 Å². The molecule has 3 rings (SSSR count). The molecule has 0 fully saturated rings. The van der Waals surface area contributed by atoms with Gasteiger partial charge in [0.1, 0.15) is 11.5 Å². The van der Waals surface area contributed by atoms with Gasteiger partial charge in [0.2, 0.25) is 6.79 Å². The van der Waals surface area contributed by atoms with E-state index in [4.69, 9.17) is 18.9 Å². The third-order valence-electron chi connectivity index (χ3n) is 3.98. The van der Waals surface area contributed by atoms with Gasteiger partial charge >= 0.3 is 0 Å². The minimum atomic E-state index is 0.119. The standard InChI is InChI=1S/C18H21NO4/c1-12(15-8-7-14(20-2)9-17(15)21-3)19-10-13-5-4-6-16-18(13)23-11-22-16/h4-9,12,19H,10-11H2,1-3H3/t12-/m1/s1. The number of para-hydroxylation sites is 1. The fourth-order valence-electron chi connectivity index (χ4n) is 2.68. The van der Waals surface area contributed by atoms with Gasteiger partial charge in [-0.05, 0) is 19.1 Å². The lowest BCUT2D eigenvalue weighted by Crippen LogP contribution is -2.19. The highest BCUT2D eigenvalue weighted by Gasteiger charge is 2.18. The van der Waals surface area contributed by atoms with Gasteiger partial charge in [-0.2, -0.15) is 0 Å². The van der Waals surface area contributed by atoms with E-state index in [1.165, 1.54) is 0 Å². The minimum absolute atomic E-state index is 0.119. The van der Waals surface area contributed by atoms with Crippen molar-refractivity contribution >= 4 is 0 Å². The number of hydrogen-bond donors (Lipinski definition) is 1. The van der Waals surface area contributed by atoms with Crippen molar-refractivity contribution in [2.75, 3.05) is 21.0 Å². The van der Waals surface area contributed by atoms with Crippen LogP contribution in [0.5, 0.6) is 23.0 Å². The van der Waals surface area contributed by atoms with Crippen LogP contribution in [0.4, 0.5) is 0 Å². The fourth-order valence-corrected chi connectivity index (χ4v) is 2.68. The highest BCUT2D eigenvalue weighted by atomic mass is 16.7. The Balaban J connectivity index is 1.73. The Kier molecular flexibility index (Phi) is 4.57. The van der Waals surface area contributed by atoms with Crippen LogP contribution in [-0.4, -0.2) is 21.0 Å². The molecule has 1 atom stereocenters. The van der Waals surface area contributed by atoms with Gasteiger partial charge in [0.05, 0.1) is 14.2 Å². The smallest absolute Gasteiger partial charge is 0.231 e. The van der Waals surface area contributed by atoms with E-state index in [9.17, 15) is 0 Å². The van der Waals surface area contributed by atoms with Gasteiger partial charge < -0.3 is 24.3 Å². The largest absolute Gasteiger partial charge is 0.497 e. The van der Waals surface area contributed by atoms with Crippen LogP contribution < -0.4 is 24.3 Å². The Morgan fingerprint density at radius 2 is 2.00 bits per heavy atom. The van der Waals surface area contributed by atoms with Crippen molar-refractivity contribution in [3.8, 4) is 23.0 Å². The Bertz CT molecular complexity index is 687. The summed E-state index contributed by atoms with van der Waals surface area (Å²) in [6, 6.07) is 11.9. The third-order valence-corrected chi connectivity index (χ3v) is 3.98. The van der Waals surface area contributed by atoms with Crippen molar-refractivity contribution in [2.24, 2.45) is 0 Å². The van der Waals surface area contributed by atoms with Crippen molar-refractivity contribution in [1.29, 1.82) is 0 Å². The lowest BCUT2D eigenvalue weighted by molar-refractivity contribution is 0.173. The first kappa shape index (κ1) is 15.5. The zero-order valence-electron chi connectivity index (χ0n) is 13.6. The van der Waals surface area contributed by atoms with E-state index in [1.54, 1.807) is 14.2 Å². The van der Waals surface area contributed by atoms with E-state index in [-0.39, 0.29) is 12.8 Å². The minimum Gasteiger partial charge on any atom is -0.497 e. The maximum Gasteiger partial charge on any atom is 0.231 e. The van der Waals surface area contributed by atoms with Crippen molar-refractivity contribution in [3.63, 3.8) is 0 Å². The van der Waals surface area contributed by atoms with Crippen LogP contribution in [0.25, 0.3) is 0 Å². The average Bonchev–Trinajstić information content (AvgIpc) is 3.08. The molecule has 5 nitrogen and oxygen atoms in total. The molecule has 1 aliphatic heterocycles. The van der Waals surface area contributed by atoms with Crippen LogP contribution in [0.2, 0.25) is 0 Å². The molecule has 0 saturated carbocycles. The van der Waals surface area contributed by atoms with Gasteiger partial charge in [-0.3, -0.25) is 0 Å². The van der Waals surface area contributed by atoms with E-state index in [0.717, 1.165) is 34.1 Å². The second kappa shape index (κ2) is 6.79. The number of rotatable bonds is 6. The van der Waals surface area contributed by atoms with Crippen molar-refractivity contribution < 1.29 is 18.9 Å². The third kappa shape index (κ3) is 3.19. The van der Waals surface area contributed by atoms with Crippen molar-refractivity contribution in [3.05, 3.63) is 47.5 Å². The summed E-state index contributed by atoms with van der Waals surface area (Å²) in [4.78, 5) is 0. The fraction of sp³-hybridized carbons (Fsp3) is 0.333. The summed E-state index contributed by atoms with van der Waals surface area (Å²) in [5.41, 5.74) is 2.16. The van der Waals surface area contributed by atoms with Crippen LogP contribution in [0.15, 0.2) is 36.4 Å². The van der Waals surface area contributed by atoms with E-state index < -0.39 is 0 Å². The first-order valence-electron chi connectivity index (χ1n) is 7.55. The molecule has 2 aromatic carbocycles. The molecule has 5 heteroatoms. The summed E-state index contributed by atoms with van der Waals surface area (Å²) in [6.07, 6.45) is 0. The molecular weight excluding hydrogens is 294 g/mol. The lowest BCUT2D eigenvalue weighted by atomic mass is 10.1. The van der Waals surface area contributed by atoms with Crippen LogP contribution in [0.3, 0.4) is 0 Å². The molecule has 1 heterocycles. The molecule has 23 heavy (non-hydrogen) atoms. The summed E-state index contributed by atoms with van der Waals surface area (Å²) < 4.78 is 21.7. The monoisotopic (exact) mass is 315 g/mol. The number of ether oxygens (including phenoxy) is 4. The Morgan fingerprint density at radius 1 is 1.13 bits per heavy atom. The second-order valence-electron chi connectivity index (χ2n) is 5.36. The molecule has 0 bridgehead atoms. The Morgan fingerprint density at radius 3 is 2.78 bits per heavy atom. The highest BCUT2D eigenvalue weighted by molar-refractivity contribution is 5.48. The van der Waals surface area contributed by atoms with Crippen LogP contribution in [-0.2, 0) is 6.54 Å². The highest BCUT2D eigenvalue weighted by Crippen LogP contribution is 2.36. The second-order valence-corrected chi connectivity index (χ2v) is 5.36. The van der Waals surface area contributed by atoms with Crippen LogP contribution >= 0.6 is 0 Å². The maximum absolute atomic E-state index is 5.54.